The summed E-state index contributed by atoms with van der Waals surface area (Å²) in [5.74, 6) is 1.14. The average Bonchev–Trinajstić information content (AvgIpc) is 2.40. The summed E-state index contributed by atoms with van der Waals surface area (Å²) in [6.07, 6.45) is 1.68. The Bertz CT molecular complexity index is 624. The molecule has 0 aliphatic carbocycles. The molecule has 2 aromatic rings. The maximum atomic E-state index is 6.23. The van der Waals surface area contributed by atoms with Crippen LogP contribution in [0.5, 0.6) is 5.88 Å². The molecular weight excluding hydrogens is 389 g/mol. The molecule has 0 aromatic carbocycles. The molecule has 106 valence electrons. The van der Waals surface area contributed by atoms with E-state index in [1.54, 1.807) is 19.4 Å². The predicted molar refractivity (Wildman–Crippen MR) is 88.2 cm³/mol. The summed E-state index contributed by atoms with van der Waals surface area (Å²) in [7, 11) is 1.58. The van der Waals surface area contributed by atoms with E-state index in [-0.39, 0.29) is 5.41 Å². The van der Waals surface area contributed by atoms with Gasteiger partial charge in [0, 0.05) is 23.2 Å². The van der Waals surface area contributed by atoms with E-state index in [4.69, 9.17) is 16.3 Å². The van der Waals surface area contributed by atoms with Crippen LogP contribution >= 0.6 is 34.2 Å². The first kappa shape index (κ1) is 15.4. The van der Waals surface area contributed by atoms with Gasteiger partial charge in [0.05, 0.1) is 16.4 Å². The van der Waals surface area contributed by atoms with Crippen LogP contribution in [0.3, 0.4) is 0 Å². The van der Waals surface area contributed by atoms with Crippen LogP contribution in [0.1, 0.15) is 26.5 Å². The van der Waals surface area contributed by atoms with Crippen molar-refractivity contribution in [3.63, 3.8) is 0 Å². The maximum absolute atomic E-state index is 6.23. The van der Waals surface area contributed by atoms with Crippen LogP contribution in [-0.4, -0.2) is 22.1 Å². The molecule has 0 saturated carbocycles. The quantitative estimate of drug-likeness (QED) is 0.559. The number of pyridine rings is 1. The van der Waals surface area contributed by atoms with Gasteiger partial charge in [-0.05, 0) is 28.7 Å². The summed E-state index contributed by atoms with van der Waals surface area (Å²) in [6, 6.07) is 3.65. The molecule has 2 rings (SSSR count). The second kappa shape index (κ2) is 5.81. The van der Waals surface area contributed by atoms with E-state index in [1.807, 2.05) is 6.07 Å². The van der Waals surface area contributed by atoms with Gasteiger partial charge >= 0.3 is 0 Å². The highest BCUT2D eigenvalue weighted by atomic mass is 127. The highest BCUT2D eigenvalue weighted by Crippen LogP contribution is 2.31. The van der Waals surface area contributed by atoms with Crippen molar-refractivity contribution in [2.75, 3.05) is 7.11 Å². The van der Waals surface area contributed by atoms with Crippen molar-refractivity contribution in [3.8, 4) is 17.3 Å². The predicted octanol–water partition coefficient (Wildman–Crippen LogP) is 4.10. The first-order valence-corrected chi connectivity index (χ1v) is 7.52. The van der Waals surface area contributed by atoms with E-state index < -0.39 is 0 Å². The topological polar surface area (TPSA) is 47.9 Å². The van der Waals surface area contributed by atoms with Gasteiger partial charge in [0.25, 0.3) is 0 Å². The van der Waals surface area contributed by atoms with Crippen LogP contribution in [0.4, 0.5) is 0 Å². The number of nitrogens with zero attached hydrogens (tertiary/aromatic N) is 3. The van der Waals surface area contributed by atoms with Gasteiger partial charge in [-0.1, -0.05) is 32.4 Å². The molecule has 0 saturated heterocycles. The molecule has 0 radical (unpaired) electrons. The molecule has 2 aromatic heterocycles. The Kier molecular flexibility index (Phi) is 4.49. The molecule has 0 aliphatic heterocycles. The van der Waals surface area contributed by atoms with Crippen LogP contribution in [0, 0.1) is 3.57 Å². The van der Waals surface area contributed by atoms with Crippen molar-refractivity contribution >= 4 is 34.2 Å². The molecular formula is C14H15ClIN3O. The monoisotopic (exact) mass is 403 g/mol. The standard InChI is InChI=1S/C14H15ClIN3O/c1-14(2,3)11-10(16)12(15)19-13(18-11)8-5-6-9(20-4)17-7-8/h5-7H,1-4H3. The number of hydrogen-bond acceptors (Lipinski definition) is 4. The summed E-state index contributed by atoms with van der Waals surface area (Å²) < 4.78 is 5.94. The summed E-state index contributed by atoms with van der Waals surface area (Å²) in [4.78, 5) is 13.2. The van der Waals surface area contributed by atoms with Gasteiger partial charge in [-0.25, -0.2) is 15.0 Å². The first-order chi connectivity index (χ1) is 9.32. The third-order valence-corrected chi connectivity index (χ3v) is 4.34. The van der Waals surface area contributed by atoms with Gasteiger partial charge in [0.2, 0.25) is 5.88 Å². The van der Waals surface area contributed by atoms with E-state index in [1.165, 1.54) is 0 Å². The van der Waals surface area contributed by atoms with Gasteiger partial charge < -0.3 is 4.74 Å². The molecule has 2 heterocycles. The fourth-order valence-corrected chi connectivity index (χ4v) is 2.90. The fraction of sp³-hybridized carbons (Fsp3) is 0.357. The molecule has 0 atom stereocenters. The number of hydrogen-bond donors (Lipinski definition) is 0. The van der Waals surface area contributed by atoms with Gasteiger partial charge in [-0.15, -0.1) is 0 Å². The molecule has 0 spiro atoms. The lowest BCUT2D eigenvalue weighted by Gasteiger charge is -2.20. The normalized spacial score (nSPS) is 11.5. The average molecular weight is 404 g/mol. The summed E-state index contributed by atoms with van der Waals surface area (Å²) in [5, 5.41) is 0.469. The van der Waals surface area contributed by atoms with Gasteiger partial charge in [0.15, 0.2) is 5.82 Å². The van der Waals surface area contributed by atoms with E-state index in [0.29, 0.717) is 16.9 Å². The molecule has 0 fully saturated rings. The molecule has 0 N–H and O–H groups in total. The third-order valence-electron chi connectivity index (χ3n) is 2.72. The molecule has 0 unspecified atom stereocenters. The molecule has 0 bridgehead atoms. The fourth-order valence-electron chi connectivity index (χ4n) is 1.68. The Morgan fingerprint density at radius 3 is 2.40 bits per heavy atom. The van der Waals surface area contributed by atoms with Crippen molar-refractivity contribution in [2.45, 2.75) is 26.2 Å². The number of methoxy groups -OCH3 is 1. The van der Waals surface area contributed by atoms with E-state index in [2.05, 4.69) is 58.3 Å². The van der Waals surface area contributed by atoms with Crippen LogP contribution in [0.15, 0.2) is 18.3 Å². The minimum Gasteiger partial charge on any atom is -0.481 e. The van der Waals surface area contributed by atoms with Crippen molar-refractivity contribution in [3.05, 3.63) is 32.7 Å². The Morgan fingerprint density at radius 1 is 1.20 bits per heavy atom. The first-order valence-electron chi connectivity index (χ1n) is 6.07. The third kappa shape index (κ3) is 3.20. The van der Waals surface area contributed by atoms with E-state index in [9.17, 15) is 0 Å². The van der Waals surface area contributed by atoms with Crippen LogP contribution in [0.25, 0.3) is 11.4 Å². The summed E-state index contributed by atoms with van der Waals surface area (Å²) in [6.45, 7) is 6.30. The Hall–Kier alpha value is -0.950. The summed E-state index contributed by atoms with van der Waals surface area (Å²) >= 11 is 8.41. The van der Waals surface area contributed by atoms with Crippen molar-refractivity contribution in [1.29, 1.82) is 0 Å². The Morgan fingerprint density at radius 2 is 1.90 bits per heavy atom. The molecule has 0 amide bonds. The molecule has 20 heavy (non-hydrogen) atoms. The van der Waals surface area contributed by atoms with Crippen molar-refractivity contribution < 1.29 is 4.74 Å². The maximum Gasteiger partial charge on any atom is 0.212 e. The lowest BCUT2D eigenvalue weighted by molar-refractivity contribution is 0.398. The number of halogens is 2. The zero-order valence-corrected chi connectivity index (χ0v) is 14.7. The van der Waals surface area contributed by atoms with Crippen molar-refractivity contribution in [1.82, 2.24) is 15.0 Å². The van der Waals surface area contributed by atoms with Crippen LogP contribution < -0.4 is 4.74 Å². The van der Waals surface area contributed by atoms with Crippen LogP contribution in [0.2, 0.25) is 5.15 Å². The SMILES string of the molecule is COc1ccc(-c2nc(Cl)c(I)c(C(C)(C)C)n2)cn1. The smallest absolute Gasteiger partial charge is 0.212 e. The number of rotatable bonds is 2. The lowest BCUT2D eigenvalue weighted by Crippen LogP contribution is -2.17. The van der Waals surface area contributed by atoms with Crippen molar-refractivity contribution in [2.24, 2.45) is 0 Å². The van der Waals surface area contributed by atoms with Gasteiger partial charge in [-0.2, -0.15) is 0 Å². The molecule has 4 nitrogen and oxygen atoms in total. The van der Waals surface area contributed by atoms with E-state index in [0.717, 1.165) is 14.8 Å². The zero-order chi connectivity index (χ0) is 14.9. The second-order valence-corrected chi connectivity index (χ2v) is 6.78. The van der Waals surface area contributed by atoms with Gasteiger partial charge in [-0.3, -0.25) is 0 Å². The lowest BCUT2D eigenvalue weighted by atomic mass is 9.92. The molecule has 6 heteroatoms. The Balaban J connectivity index is 2.54. The summed E-state index contributed by atoms with van der Waals surface area (Å²) in [5.41, 5.74) is 1.65. The highest BCUT2D eigenvalue weighted by Gasteiger charge is 2.23. The highest BCUT2D eigenvalue weighted by molar-refractivity contribution is 14.1. The second-order valence-electron chi connectivity index (χ2n) is 5.34. The minimum absolute atomic E-state index is 0.0995. The number of ether oxygens (including phenoxy) is 1. The zero-order valence-electron chi connectivity index (χ0n) is 11.7. The minimum atomic E-state index is -0.0995. The largest absolute Gasteiger partial charge is 0.481 e. The van der Waals surface area contributed by atoms with Gasteiger partial charge in [0.1, 0.15) is 5.15 Å². The van der Waals surface area contributed by atoms with E-state index >= 15 is 0 Å². The van der Waals surface area contributed by atoms with Crippen LogP contribution in [-0.2, 0) is 5.41 Å². The molecule has 0 aliphatic rings. The number of aromatic nitrogens is 3. The Labute approximate surface area is 137 Å².